The van der Waals surface area contributed by atoms with E-state index in [1.807, 2.05) is 27.7 Å². The smallest absolute Gasteiger partial charge is 0.497 e. The second-order valence-corrected chi connectivity index (χ2v) is 6.21. The topological polar surface area (TPSA) is 51.5 Å². The summed E-state index contributed by atoms with van der Waals surface area (Å²) >= 11 is 5.99. The highest BCUT2D eigenvalue weighted by Gasteiger charge is 2.53. The Morgan fingerprint density at radius 2 is 1.75 bits per heavy atom. The zero-order chi connectivity index (χ0) is 15.1. The van der Waals surface area contributed by atoms with E-state index < -0.39 is 18.3 Å². The number of nitrogens with zero attached hydrogens (tertiary/aromatic N) is 1. The molecule has 4 nitrogen and oxygen atoms in total. The first-order chi connectivity index (χ1) is 9.21. The van der Waals surface area contributed by atoms with Crippen LogP contribution >= 0.6 is 11.6 Å². The van der Waals surface area contributed by atoms with Crippen LogP contribution in [0.25, 0.3) is 0 Å². The first-order valence-corrected chi connectivity index (χ1v) is 6.73. The standard InChI is InChI=1S/C14H17BClNO3/c1-13(2)14(3,4)20-15(19-13)12-9(8-17)6-10(16)7-11(12)18-5/h6-7H,1-5H3. The van der Waals surface area contributed by atoms with Crippen molar-refractivity contribution in [1.29, 1.82) is 5.26 Å². The second-order valence-electron chi connectivity index (χ2n) is 5.77. The number of rotatable bonds is 2. The fourth-order valence-electron chi connectivity index (χ4n) is 2.06. The van der Waals surface area contributed by atoms with Gasteiger partial charge in [-0.05, 0) is 39.8 Å². The van der Waals surface area contributed by atoms with Crippen molar-refractivity contribution in [2.75, 3.05) is 7.11 Å². The minimum absolute atomic E-state index is 0.396. The lowest BCUT2D eigenvalue weighted by Crippen LogP contribution is -2.41. The van der Waals surface area contributed by atoms with Gasteiger partial charge in [0.15, 0.2) is 0 Å². The van der Waals surface area contributed by atoms with Crippen molar-refractivity contribution in [3.8, 4) is 11.8 Å². The molecule has 0 aromatic heterocycles. The van der Waals surface area contributed by atoms with Crippen LogP contribution in [0.15, 0.2) is 12.1 Å². The molecule has 1 aromatic carbocycles. The van der Waals surface area contributed by atoms with Crippen LogP contribution in [0.2, 0.25) is 5.02 Å². The summed E-state index contributed by atoms with van der Waals surface area (Å²) in [6.45, 7) is 7.84. The summed E-state index contributed by atoms with van der Waals surface area (Å²) in [6, 6.07) is 5.36. The third-order valence-corrected chi connectivity index (χ3v) is 4.15. The van der Waals surface area contributed by atoms with Crippen LogP contribution in [0.1, 0.15) is 33.3 Å². The molecule has 0 atom stereocenters. The summed E-state index contributed by atoms with van der Waals surface area (Å²) in [7, 11) is 0.878. The highest BCUT2D eigenvalue weighted by Crippen LogP contribution is 2.37. The highest BCUT2D eigenvalue weighted by molar-refractivity contribution is 6.64. The van der Waals surface area contributed by atoms with Crippen LogP contribution in [0.3, 0.4) is 0 Å². The fourth-order valence-corrected chi connectivity index (χ4v) is 2.27. The normalized spacial score (nSPS) is 19.8. The molecule has 1 aliphatic rings. The Labute approximate surface area is 124 Å². The molecule has 1 fully saturated rings. The van der Waals surface area contributed by atoms with Gasteiger partial charge < -0.3 is 14.0 Å². The van der Waals surface area contributed by atoms with Crippen LogP contribution < -0.4 is 10.2 Å². The molecular weight excluding hydrogens is 276 g/mol. The predicted octanol–water partition coefficient (Wildman–Crippen LogP) is 2.52. The van der Waals surface area contributed by atoms with E-state index in [4.69, 9.17) is 25.6 Å². The molecule has 0 bridgehead atoms. The molecule has 1 heterocycles. The van der Waals surface area contributed by atoms with Gasteiger partial charge >= 0.3 is 7.12 Å². The van der Waals surface area contributed by atoms with Crippen LogP contribution in [0, 0.1) is 11.3 Å². The van der Waals surface area contributed by atoms with Crippen molar-refractivity contribution < 1.29 is 14.0 Å². The number of methoxy groups -OCH3 is 1. The van der Waals surface area contributed by atoms with Crippen LogP contribution in [0.4, 0.5) is 0 Å². The van der Waals surface area contributed by atoms with E-state index in [0.717, 1.165) is 0 Å². The summed E-state index contributed by atoms with van der Waals surface area (Å²) in [6.07, 6.45) is 0. The number of ether oxygens (including phenoxy) is 1. The zero-order valence-corrected chi connectivity index (χ0v) is 13.0. The number of halogens is 1. The van der Waals surface area contributed by atoms with Crippen molar-refractivity contribution in [1.82, 2.24) is 0 Å². The summed E-state index contributed by atoms with van der Waals surface area (Å²) in [4.78, 5) is 0. The Bertz CT molecular complexity index is 565. The van der Waals surface area contributed by atoms with Gasteiger partial charge in [-0.3, -0.25) is 0 Å². The molecule has 1 aromatic rings. The summed E-state index contributed by atoms with van der Waals surface area (Å²) in [5.41, 5.74) is 0.0234. The van der Waals surface area contributed by atoms with E-state index in [9.17, 15) is 5.26 Å². The molecule has 1 aliphatic heterocycles. The first kappa shape index (κ1) is 15.2. The molecule has 20 heavy (non-hydrogen) atoms. The fraction of sp³-hybridized carbons (Fsp3) is 0.500. The third kappa shape index (κ3) is 2.40. The lowest BCUT2D eigenvalue weighted by molar-refractivity contribution is 0.00578. The van der Waals surface area contributed by atoms with E-state index in [-0.39, 0.29) is 0 Å². The average Bonchev–Trinajstić information content (AvgIpc) is 2.56. The molecule has 2 rings (SSSR count). The molecule has 0 amide bonds. The Balaban J connectivity index is 2.52. The van der Waals surface area contributed by atoms with Crippen LogP contribution in [-0.2, 0) is 9.31 Å². The lowest BCUT2D eigenvalue weighted by Gasteiger charge is -2.32. The van der Waals surface area contributed by atoms with Crippen molar-refractivity contribution >= 4 is 24.2 Å². The maximum absolute atomic E-state index is 9.31. The number of nitriles is 1. The zero-order valence-electron chi connectivity index (χ0n) is 12.3. The predicted molar refractivity (Wildman–Crippen MR) is 78.4 cm³/mol. The molecule has 6 heteroatoms. The molecule has 1 saturated heterocycles. The average molecular weight is 294 g/mol. The van der Waals surface area contributed by atoms with Gasteiger partial charge in [0, 0.05) is 10.5 Å². The third-order valence-electron chi connectivity index (χ3n) is 3.94. The number of hydrogen-bond acceptors (Lipinski definition) is 4. The quantitative estimate of drug-likeness (QED) is 0.786. The van der Waals surface area contributed by atoms with Gasteiger partial charge in [0.2, 0.25) is 0 Å². The Morgan fingerprint density at radius 3 is 2.20 bits per heavy atom. The molecule has 0 unspecified atom stereocenters. The maximum atomic E-state index is 9.31. The summed E-state index contributed by atoms with van der Waals surface area (Å²) in [5.74, 6) is 0.493. The van der Waals surface area contributed by atoms with Crippen molar-refractivity contribution in [3.63, 3.8) is 0 Å². The van der Waals surface area contributed by atoms with E-state index in [1.165, 1.54) is 7.11 Å². The molecular formula is C14H17BClNO3. The van der Waals surface area contributed by atoms with Gasteiger partial charge in [-0.25, -0.2) is 0 Å². The van der Waals surface area contributed by atoms with Gasteiger partial charge in [-0.15, -0.1) is 0 Å². The van der Waals surface area contributed by atoms with Crippen molar-refractivity contribution in [2.24, 2.45) is 0 Å². The molecule has 106 valence electrons. The second kappa shape index (κ2) is 4.96. The van der Waals surface area contributed by atoms with E-state index in [1.54, 1.807) is 12.1 Å². The Kier molecular flexibility index (Phi) is 3.76. The SMILES string of the molecule is COc1cc(Cl)cc(C#N)c1B1OC(C)(C)C(C)(C)O1. The van der Waals surface area contributed by atoms with Gasteiger partial charge in [-0.2, -0.15) is 5.26 Å². The minimum Gasteiger partial charge on any atom is -0.497 e. The monoisotopic (exact) mass is 293 g/mol. The van der Waals surface area contributed by atoms with Crippen LogP contribution in [0.5, 0.6) is 5.75 Å². The Hall–Kier alpha value is -1.22. The molecule has 0 radical (unpaired) electrons. The summed E-state index contributed by atoms with van der Waals surface area (Å²) in [5, 5.41) is 9.75. The largest absolute Gasteiger partial charge is 0.500 e. The van der Waals surface area contributed by atoms with E-state index >= 15 is 0 Å². The summed E-state index contributed by atoms with van der Waals surface area (Å²) < 4.78 is 17.3. The number of hydrogen-bond donors (Lipinski definition) is 0. The first-order valence-electron chi connectivity index (χ1n) is 6.35. The lowest BCUT2D eigenvalue weighted by atomic mass is 9.75. The van der Waals surface area contributed by atoms with Crippen LogP contribution in [-0.4, -0.2) is 25.4 Å². The molecule has 0 saturated carbocycles. The van der Waals surface area contributed by atoms with Crippen molar-refractivity contribution in [3.05, 3.63) is 22.7 Å². The van der Waals surface area contributed by atoms with Gasteiger partial charge in [0.25, 0.3) is 0 Å². The molecule has 0 N–H and O–H groups in total. The van der Waals surface area contributed by atoms with Crippen molar-refractivity contribution in [2.45, 2.75) is 38.9 Å². The molecule has 0 aliphatic carbocycles. The van der Waals surface area contributed by atoms with Gasteiger partial charge in [0.1, 0.15) is 5.75 Å². The van der Waals surface area contributed by atoms with E-state index in [0.29, 0.717) is 21.8 Å². The minimum atomic E-state index is -0.651. The van der Waals surface area contributed by atoms with Gasteiger partial charge in [0.05, 0.1) is 29.9 Å². The van der Waals surface area contributed by atoms with E-state index in [2.05, 4.69) is 6.07 Å². The van der Waals surface area contributed by atoms with Gasteiger partial charge in [-0.1, -0.05) is 11.6 Å². The molecule has 0 spiro atoms. The highest BCUT2D eigenvalue weighted by atomic mass is 35.5. The maximum Gasteiger partial charge on any atom is 0.500 e. The Morgan fingerprint density at radius 1 is 1.20 bits per heavy atom. The number of benzene rings is 1.